The quantitative estimate of drug-likeness (QED) is 0.702. The lowest BCUT2D eigenvalue weighted by atomic mass is 10.3. The molecule has 72 valence electrons. The Morgan fingerprint density at radius 3 is 3.23 bits per heavy atom. The van der Waals surface area contributed by atoms with Crippen LogP contribution in [0.15, 0.2) is 12.4 Å². The van der Waals surface area contributed by atoms with Gasteiger partial charge in [-0.2, -0.15) is 0 Å². The van der Waals surface area contributed by atoms with Crippen LogP contribution in [0.2, 0.25) is 0 Å². The maximum Gasteiger partial charge on any atom is 0.122 e. The summed E-state index contributed by atoms with van der Waals surface area (Å²) < 4.78 is 2.17. The molecule has 0 aliphatic carbocycles. The third kappa shape index (κ3) is 1.89. The van der Waals surface area contributed by atoms with Crippen molar-refractivity contribution in [1.82, 2.24) is 14.5 Å². The number of imidazole rings is 1. The molecule has 0 bridgehead atoms. The number of aliphatic hydroxyl groups excluding tert-OH is 1. The molecule has 0 saturated heterocycles. The van der Waals surface area contributed by atoms with E-state index in [0.29, 0.717) is 0 Å². The molecule has 0 spiro atoms. The van der Waals surface area contributed by atoms with Gasteiger partial charge in [0.15, 0.2) is 0 Å². The van der Waals surface area contributed by atoms with Crippen LogP contribution in [0.25, 0.3) is 0 Å². The molecule has 0 amide bonds. The Kier molecular flexibility index (Phi) is 2.33. The van der Waals surface area contributed by atoms with Crippen molar-refractivity contribution >= 4 is 0 Å². The fourth-order valence-corrected chi connectivity index (χ4v) is 1.75. The molecule has 1 aromatic heterocycles. The van der Waals surface area contributed by atoms with Crippen LogP contribution < -0.4 is 0 Å². The van der Waals surface area contributed by atoms with Gasteiger partial charge in [0.1, 0.15) is 5.82 Å². The lowest BCUT2D eigenvalue weighted by Crippen LogP contribution is -2.37. The first-order chi connectivity index (χ1) is 6.25. The molecule has 1 aromatic rings. The van der Waals surface area contributed by atoms with Crippen molar-refractivity contribution in [3.8, 4) is 0 Å². The zero-order chi connectivity index (χ0) is 9.26. The molecule has 1 aliphatic heterocycles. The minimum atomic E-state index is -0.249. The zero-order valence-electron chi connectivity index (χ0n) is 7.85. The first kappa shape index (κ1) is 8.72. The Balaban J connectivity index is 2.00. The van der Waals surface area contributed by atoms with E-state index in [4.69, 9.17) is 0 Å². The standard InChI is InChI=1S/C9H15N3O/c1-8(13)6-11-4-5-12-3-2-10-9(12)7-11/h2-3,8,13H,4-7H2,1H3. The molecular weight excluding hydrogens is 166 g/mol. The van der Waals surface area contributed by atoms with Crippen LogP contribution >= 0.6 is 0 Å². The van der Waals surface area contributed by atoms with Crippen LogP contribution in [-0.4, -0.2) is 38.8 Å². The van der Waals surface area contributed by atoms with Gasteiger partial charge in [0.2, 0.25) is 0 Å². The van der Waals surface area contributed by atoms with Crippen LogP contribution in [0.1, 0.15) is 12.7 Å². The van der Waals surface area contributed by atoms with Crippen molar-refractivity contribution in [3.05, 3.63) is 18.2 Å². The lowest BCUT2D eigenvalue weighted by molar-refractivity contribution is 0.108. The summed E-state index contributed by atoms with van der Waals surface area (Å²) in [5.74, 6) is 1.10. The average molecular weight is 181 g/mol. The Labute approximate surface area is 77.8 Å². The van der Waals surface area contributed by atoms with E-state index < -0.39 is 0 Å². The maximum atomic E-state index is 9.23. The van der Waals surface area contributed by atoms with E-state index in [1.807, 2.05) is 19.3 Å². The van der Waals surface area contributed by atoms with E-state index in [1.165, 1.54) is 0 Å². The summed E-state index contributed by atoms with van der Waals surface area (Å²) in [4.78, 5) is 6.48. The molecule has 1 atom stereocenters. The van der Waals surface area contributed by atoms with Gasteiger partial charge in [-0.05, 0) is 6.92 Å². The maximum absolute atomic E-state index is 9.23. The van der Waals surface area contributed by atoms with E-state index in [0.717, 1.165) is 32.0 Å². The highest BCUT2D eigenvalue weighted by atomic mass is 16.3. The Morgan fingerprint density at radius 2 is 2.46 bits per heavy atom. The van der Waals surface area contributed by atoms with Gasteiger partial charge in [-0.15, -0.1) is 0 Å². The molecule has 1 N–H and O–H groups in total. The third-order valence-electron chi connectivity index (χ3n) is 2.35. The van der Waals surface area contributed by atoms with E-state index in [9.17, 15) is 5.11 Å². The van der Waals surface area contributed by atoms with E-state index in [-0.39, 0.29) is 6.10 Å². The normalized spacial score (nSPS) is 19.8. The molecule has 2 heterocycles. The average Bonchev–Trinajstić information content (AvgIpc) is 2.49. The van der Waals surface area contributed by atoms with Crippen LogP contribution in [0.5, 0.6) is 0 Å². The van der Waals surface area contributed by atoms with Gasteiger partial charge in [-0.1, -0.05) is 0 Å². The molecule has 1 unspecified atom stereocenters. The number of β-amino-alcohol motifs (C(OH)–C–C–N with tert-alkyl or cyclic N) is 1. The molecular formula is C9H15N3O. The van der Waals surface area contributed by atoms with Crippen molar-refractivity contribution < 1.29 is 5.11 Å². The first-order valence-electron chi connectivity index (χ1n) is 4.66. The lowest BCUT2D eigenvalue weighted by Gasteiger charge is -2.28. The molecule has 0 aromatic carbocycles. The van der Waals surface area contributed by atoms with Crippen molar-refractivity contribution in [2.24, 2.45) is 0 Å². The number of hydrogen-bond acceptors (Lipinski definition) is 3. The topological polar surface area (TPSA) is 41.3 Å². The zero-order valence-corrected chi connectivity index (χ0v) is 7.85. The Morgan fingerprint density at radius 1 is 1.62 bits per heavy atom. The van der Waals surface area contributed by atoms with Crippen LogP contribution in [0, 0.1) is 0 Å². The molecule has 4 heteroatoms. The van der Waals surface area contributed by atoms with Crippen LogP contribution in [-0.2, 0) is 13.1 Å². The fourth-order valence-electron chi connectivity index (χ4n) is 1.75. The van der Waals surface area contributed by atoms with Gasteiger partial charge >= 0.3 is 0 Å². The Hall–Kier alpha value is -0.870. The van der Waals surface area contributed by atoms with Gasteiger partial charge in [0.25, 0.3) is 0 Å². The van der Waals surface area contributed by atoms with Crippen molar-refractivity contribution in [2.45, 2.75) is 26.1 Å². The second kappa shape index (κ2) is 3.47. The number of aliphatic hydroxyl groups is 1. The van der Waals surface area contributed by atoms with Crippen LogP contribution in [0.3, 0.4) is 0 Å². The number of hydrogen-bond donors (Lipinski definition) is 1. The van der Waals surface area contributed by atoms with Gasteiger partial charge in [0.05, 0.1) is 12.6 Å². The first-order valence-corrected chi connectivity index (χ1v) is 4.66. The SMILES string of the molecule is CC(O)CN1CCn2ccnc2C1. The molecule has 1 aliphatic rings. The summed E-state index contributed by atoms with van der Waals surface area (Å²) in [7, 11) is 0. The minimum Gasteiger partial charge on any atom is -0.392 e. The number of fused-ring (bicyclic) bond motifs is 1. The summed E-state index contributed by atoms with van der Waals surface area (Å²) >= 11 is 0. The summed E-state index contributed by atoms with van der Waals surface area (Å²) in [5, 5.41) is 9.23. The number of nitrogens with zero attached hydrogens (tertiary/aromatic N) is 3. The summed E-state index contributed by atoms with van der Waals surface area (Å²) in [5.41, 5.74) is 0. The van der Waals surface area contributed by atoms with Gasteiger partial charge in [-0.25, -0.2) is 4.98 Å². The van der Waals surface area contributed by atoms with Crippen molar-refractivity contribution in [3.63, 3.8) is 0 Å². The van der Waals surface area contributed by atoms with Crippen LogP contribution in [0.4, 0.5) is 0 Å². The summed E-state index contributed by atoms with van der Waals surface area (Å²) in [6.07, 6.45) is 3.59. The van der Waals surface area contributed by atoms with E-state index in [2.05, 4.69) is 14.5 Å². The highest BCUT2D eigenvalue weighted by molar-refractivity contribution is 4.95. The molecule has 0 fully saturated rings. The smallest absolute Gasteiger partial charge is 0.122 e. The molecule has 0 radical (unpaired) electrons. The predicted molar refractivity (Wildman–Crippen MR) is 49.2 cm³/mol. The monoisotopic (exact) mass is 181 g/mol. The van der Waals surface area contributed by atoms with E-state index >= 15 is 0 Å². The Bertz CT molecular complexity index is 282. The van der Waals surface area contributed by atoms with Crippen molar-refractivity contribution in [2.75, 3.05) is 13.1 Å². The summed E-state index contributed by atoms with van der Waals surface area (Å²) in [6, 6.07) is 0. The summed E-state index contributed by atoms with van der Waals surface area (Å²) in [6.45, 7) is 5.42. The number of aromatic nitrogens is 2. The highest BCUT2D eigenvalue weighted by Crippen LogP contribution is 2.09. The molecule has 0 saturated carbocycles. The second-order valence-corrected chi connectivity index (χ2v) is 3.62. The van der Waals surface area contributed by atoms with Gasteiger partial charge in [0, 0.05) is 32.0 Å². The van der Waals surface area contributed by atoms with Crippen molar-refractivity contribution in [1.29, 1.82) is 0 Å². The molecule has 2 rings (SSSR count). The third-order valence-corrected chi connectivity index (χ3v) is 2.35. The fraction of sp³-hybridized carbons (Fsp3) is 0.667. The molecule has 13 heavy (non-hydrogen) atoms. The second-order valence-electron chi connectivity index (χ2n) is 3.62. The van der Waals surface area contributed by atoms with Gasteiger partial charge < -0.3 is 9.67 Å². The van der Waals surface area contributed by atoms with E-state index in [1.54, 1.807) is 0 Å². The highest BCUT2D eigenvalue weighted by Gasteiger charge is 2.16. The minimum absolute atomic E-state index is 0.249. The largest absolute Gasteiger partial charge is 0.392 e. The number of rotatable bonds is 2. The van der Waals surface area contributed by atoms with Gasteiger partial charge in [-0.3, -0.25) is 4.90 Å². The molecule has 4 nitrogen and oxygen atoms in total. The predicted octanol–water partition coefficient (Wildman–Crippen LogP) is 0.0795.